The van der Waals surface area contributed by atoms with Gasteiger partial charge in [0.05, 0.1) is 36.9 Å². The Hall–Kier alpha value is -3.09. The SMILES string of the molecule is CN(C=O)[C@@H]1[C@@H](O[C@H]2O[C@H](CO)[C@@H](NC=O)[C@H](O)[C@H]2O)O[C@H]2C[C@@H](NC=O)[C@@H](O[C@H]3[C@H](O)[C@@H](O)[C@H](NC=O)C[C@@H]3NC=O)O[C@@H]2[C@@H]1O. The van der Waals surface area contributed by atoms with Crippen LogP contribution in [0.2, 0.25) is 0 Å². The van der Waals surface area contributed by atoms with Gasteiger partial charge in [-0.15, -0.1) is 0 Å². The zero-order valence-electron chi connectivity index (χ0n) is 25.0. The summed E-state index contributed by atoms with van der Waals surface area (Å²) in [7, 11) is 1.29. The van der Waals surface area contributed by atoms with E-state index in [0.29, 0.717) is 25.6 Å². The van der Waals surface area contributed by atoms with Gasteiger partial charge in [-0.05, 0) is 6.42 Å². The fourth-order valence-electron chi connectivity index (χ4n) is 6.52. The molecule has 5 amide bonds. The van der Waals surface area contributed by atoms with E-state index in [1.807, 2.05) is 0 Å². The molecule has 17 atom stereocenters. The molecule has 0 spiro atoms. The third-order valence-corrected chi connectivity index (χ3v) is 8.94. The maximum Gasteiger partial charge on any atom is 0.209 e. The van der Waals surface area contributed by atoms with Crippen LogP contribution in [0.15, 0.2) is 0 Å². The van der Waals surface area contributed by atoms with E-state index in [9.17, 15) is 54.6 Å². The minimum atomic E-state index is -1.78. The van der Waals surface area contributed by atoms with Crippen LogP contribution in [0.3, 0.4) is 0 Å². The number of nitrogens with zero attached hydrogens (tertiary/aromatic N) is 1. The molecule has 21 heteroatoms. The van der Waals surface area contributed by atoms with Crippen molar-refractivity contribution in [3.63, 3.8) is 0 Å². The first-order valence-electron chi connectivity index (χ1n) is 14.8. The molecule has 0 radical (unpaired) electrons. The molecule has 266 valence electrons. The average Bonchev–Trinajstić information content (AvgIpc) is 3.05. The summed E-state index contributed by atoms with van der Waals surface area (Å²) in [5.41, 5.74) is 0. The van der Waals surface area contributed by atoms with Crippen molar-refractivity contribution in [3.8, 4) is 0 Å². The zero-order chi connectivity index (χ0) is 34.4. The van der Waals surface area contributed by atoms with Gasteiger partial charge < -0.3 is 80.5 Å². The van der Waals surface area contributed by atoms with Gasteiger partial charge in [-0.2, -0.15) is 0 Å². The van der Waals surface area contributed by atoms with Crippen LogP contribution in [0, 0.1) is 0 Å². The van der Waals surface area contributed by atoms with Crippen LogP contribution in [0.25, 0.3) is 0 Å². The van der Waals surface area contributed by atoms with E-state index >= 15 is 0 Å². The molecule has 1 saturated carbocycles. The molecule has 47 heavy (non-hydrogen) atoms. The number of carbonyl (C=O) groups excluding carboxylic acids is 5. The topological polar surface area (TPSA) is 304 Å². The van der Waals surface area contributed by atoms with Gasteiger partial charge in [-0.1, -0.05) is 0 Å². The van der Waals surface area contributed by atoms with Gasteiger partial charge in [-0.3, -0.25) is 24.0 Å². The summed E-state index contributed by atoms with van der Waals surface area (Å²) in [5.74, 6) is 0. The predicted molar refractivity (Wildman–Crippen MR) is 148 cm³/mol. The first kappa shape index (κ1) is 36.7. The number of rotatable bonds is 15. The maximum atomic E-state index is 11.9. The van der Waals surface area contributed by atoms with Crippen LogP contribution in [0.5, 0.6) is 0 Å². The van der Waals surface area contributed by atoms with Crippen molar-refractivity contribution in [1.29, 1.82) is 0 Å². The van der Waals surface area contributed by atoms with Crippen molar-refractivity contribution >= 4 is 32.1 Å². The summed E-state index contributed by atoms with van der Waals surface area (Å²) in [5, 5.41) is 73.5. The second-order valence-corrected chi connectivity index (χ2v) is 11.6. The Balaban J connectivity index is 1.56. The van der Waals surface area contributed by atoms with Crippen LogP contribution in [-0.2, 0) is 47.7 Å². The monoisotopic (exact) mass is 679 g/mol. The van der Waals surface area contributed by atoms with Gasteiger partial charge in [0.1, 0.15) is 54.9 Å². The summed E-state index contributed by atoms with van der Waals surface area (Å²) in [6, 6.07) is -5.42. The fraction of sp³-hybridized carbons (Fsp3) is 0.808. The van der Waals surface area contributed by atoms with Crippen LogP contribution < -0.4 is 21.3 Å². The molecule has 0 aromatic heterocycles. The molecule has 0 bridgehead atoms. The number of nitrogens with one attached hydrogen (secondary N) is 4. The highest BCUT2D eigenvalue weighted by molar-refractivity contribution is 5.49. The van der Waals surface area contributed by atoms with E-state index in [4.69, 9.17) is 23.7 Å². The number of fused-ring (bicyclic) bond motifs is 1. The molecular weight excluding hydrogens is 638 g/mol. The predicted octanol–water partition coefficient (Wildman–Crippen LogP) is -7.93. The van der Waals surface area contributed by atoms with Gasteiger partial charge in [-0.25, -0.2) is 0 Å². The number of aliphatic hydroxyl groups excluding tert-OH is 6. The van der Waals surface area contributed by atoms with E-state index in [1.54, 1.807) is 0 Å². The third-order valence-electron chi connectivity index (χ3n) is 8.94. The Labute approximate surface area is 267 Å². The van der Waals surface area contributed by atoms with E-state index in [2.05, 4.69) is 21.3 Å². The maximum absolute atomic E-state index is 11.9. The minimum Gasteiger partial charge on any atom is -0.394 e. The lowest BCUT2D eigenvalue weighted by Crippen LogP contribution is -2.71. The molecule has 4 aliphatic rings. The highest BCUT2D eigenvalue weighted by Gasteiger charge is 2.56. The van der Waals surface area contributed by atoms with E-state index in [1.165, 1.54) is 7.05 Å². The molecule has 1 aliphatic carbocycles. The summed E-state index contributed by atoms with van der Waals surface area (Å²) in [4.78, 5) is 57.7. The number of ether oxygens (including phenoxy) is 5. The molecule has 3 heterocycles. The Kier molecular flexibility index (Phi) is 12.8. The summed E-state index contributed by atoms with van der Waals surface area (Å²) >= 11 is 0. The smallest absolute Gasteiger partial charge is 0.209 e. The number of hydrogen-bond acceptors (Lipinski definition) is 16. The molecule has 21 nitrogen and oxygen atoms in total. The van der Waals surface area contributed by atoms with Gasteiger partial charge in [0.25, 0.3) is 0 Å². The lowest BCUT2D eigenvalue weighted by molar-refractivity contribution is -0.379. The summed E-state index contributed by atoms with van der Waals surface area (Å²) < 4.78 is 29.5. The quantitative estimate of drug-likeness (QED) is 0.0719. The van der Waals surface area contributed by atoms with Gasteiger partial charge in [0.2, 0.25) is 32.1 Å². The molecular formula is C26H41N5O16. The first-order valence-corrected chi connectivity index (χ1v) is 14.8. The number of amides is 5. The van der Waals surface area contributed by atoms with Crippen molar-refractivity contribution in [2.45, 2.75) is 117 Å². The summed E-state index contributed by atoms with van der Waals surface area (Å²) in [6.45, 7) is -0.690. The van der Waals surface area contributed by atoms with Crippen molar-refractivity contribution < 1.29 is 78.3 Å². The molecule has 3 aliphatic heterocycles. The van der Waals surface area contributed by atoms with E-state index in [0.717, 1.165) is 4.90 Å². The summed E-state index contributed by atoms with van der Waals surface area (Å²) in [6.07, 6.45) is -16.3. The van der Waals surface area contributed by atoms with Gasteiger partial charge >= 0.3 is 0 Å². The fourth-order valence-corrected chi connectivity index (χ4v) is 6.52. The highest BCUT2D eigenvalue weighted by atomic mass is 16.8. The van der Waals surface area contributed by atoms with E-state index in [-0.39, 0.29) is 19.3 Å². The van der Waals surface area contributed by atoms with Crippen LogP contribution in [0.1, 0.15) is 12.8 Å². The lowest BCUT2D eigenvalue weighted by Gasteiger charge is -2.53. The van der Waals surface area contributed by atoms with Crippen molar-refractivity contribution in [1.82, 2.24) is 26.2 Å². The molecule has 4 rings (SSSR count). The Morgan fingerprint density at radius 1 is 0.681 bits per heavy atom. The largest absolute Gasteiger partial charge is 0.394 e. The number of carbonyl (C=O) groups is 5. The number of likely N-dealkylation sites (N-methyl/N-ethyl adjacent to an activating group) is 1. The van der Waals surface area contributed by atoms with E-state index < -0.39 is 111 Å². The number of hydrogen-bond donors (Lipinski definition) is 10. The molecule has 0 unspecified atom stereocenters. The van der Waals surface area contributed by atoms with Crippen molar-refractivity contribution in [3.05, 3.63) is 0 Å². The van der Waals surface area contributed by atoms with Crippen LogP contribution >= 0.6 is 0 Å². The third kappa shape index (κ3) is 7.65. The molecule has 3 saturated heterocycles. The zero-order valence-corrected chi connectivity index (χ0v) is 25.0. The van der Waals surface area contributed by atoms with Crippen molar-refractivity contribution in [2.75, 3.05) is 13.7 Å². The second-order valence-electron chi connectivity index (χ2n) is 11.6. The van der Waals surface area contributed by atoms with Gasteiger partial charge in [0, 0.05) is 13.5 Å². The molecule has 4 fully saturated rings. The first-order chi connectivity index (χ1) is 22.5. The lowest BCUT2D eigenvalue weighted by atomic mass is 9.83. The minimum absolute atomic E-state index is 0.0469. The van der Waals surface area contributed by atoms with Crippen molar-refractivity contribution in [2.24, 2.45) is 0 Å². The number of aliphatic hydroxyl groups is 6. The molecule has 10 N–H and O–H groups in total. The van der Waals surface area contributed by atoms with Crippen LogP contribution in [-0.4, -0.2) is 185 Å². The molecule has 0 aromatic carbocycles. The second kappa shape index (κ2) is 16.3. The highest BCUT2D eigenvalue weighted by Crippen LogP contribution is 2.37. The Morgan fingerprint density at radius 2 is 1.32 bits per heavy atom. The van der Waals surface area contributed by atoms with Crippen LogP contribution in [0.4, 0.5) is 0 Å². The Morgan fingerprint density at radius 3 is 1.94 bits per heavy atom. The normalized spacial score (nSPS) is 45.0. The standard InChI is InChI=1S/C26H41N5O16/c1-31(9-37)16-19(40)23-13(43-25(16)47-26-21(42)18(39)15(30-8-36)14(4-32)44-26)3-12(29-7-35)24(46-23)45-22-11(28-6-34)2-10(27-5-33)17(38)20(22)41/h5-26,32,38-42H,2-4H2,1H3,(H,27,33)(H,28,34)(H,29,35)(H,30,36)/t10-,11+,12-,13+,14-,15-,16+,17+,18+,19-,20-,21-,22-,23+,24+,25-,26-/m1/s1. The van der Waals surface area contributed by atoms with Gasteiger partial charge in [0.15, 0.2) is 18.9 Å². The molecule has 0 aromatic rings. The Bertz CT molecular complexity index is 1080. The average molecular weight is 680 g/mol.